The highest BCUT2D eigenvalue weighted by Crippen LogP contribution is 2.24. The number of benzene rings is 1. The lowest BCUT2D eigenvalue weighted by Gasteiger charge is -2.16. The van der Waals surface area contributed by atoms with Gasteiger partial charge >= 0.3 is 0 Å². The van der Waals surface area contributed by atoms with E-state index < -0.39 is 0 Å². The molecule has 0 aromatic heterocycles. The third-order valence-corrected chi connectivity index (χ3v) is 3.58. The Balaban J connectivity index is 2.14. The van der Waals surface area contributed by atoms with E-state index in [-0.39, 0.29) is 18.1 Å². The number of hydrogen-bond acceptors (Lipinski definition) is 5. The fourth-order valence-corrected chi connectivity index (χ4v) is 2.41. The molecule has 1 fully saturated rings. The summed E-state index contributed by atoms with van der Waals surface area (Å²) in [5.74, 6) is 0.480. The van der Waals surface area contributed by atoms with Crippen molar-refractivity contribution in [2.45, 2.75) is 12.2 Å². The molecule has 2 N–H and O–H groups in total. The molecule has 0 bridgehead atoms. The minimum Gasteiger partial charge on any atom is -0.495 e. The van der Waals surface area contributed by atoms with Gasteiger partial charge in [0.15, 0.2) is 0 Å². The molecular weight excluding hydrogens is 260 g/mol. The van der Waals surface area contributed by atoms with Crippen LogP contribution in [0.1, 0.15) is 10.4 Å². The van der Waals surface area contributed by atoms with Gasteiger partial charge in [0.2, 0.25) is 0 Å². The van der Waals surface area contributed by atoms with E-state index >= 15 is 0 Å². The fraction of sp³-hybridized carbons (Fsp3) is 0.500. The van der Waals surface area contributed by atoms with Crippen LogP contribution in [0.25, 0.3) is 0 Å². The predicted molar refractivity (Wildman–Crippen MR) is 74.9 cm³/mol. The smallest absolute Gasteiger partial charge is 0.254 e. The molecule has 0 spiro atoms. The lowest BCUT2D eigenvalue weighted by Crippen LogP contribution is -2.30. The summed E-state index contributed by atoms with van der Waals surface area (Å²) >= 11 is 0. The largest absolute Gasteiger partial charge is 0.495 e. The van der Waals surface area contributed by atoms with E-state index in [1.165, 1.54) is 0 Å². The Morgan fingerprint density at radius 1 is 1.20 bits per heavy atom. The number of amides is 1. The Hall–Kier alpha value is -1.79. The van der Waals surface area contributed by atoms with Crippen molar-refractivity contribution in [2.75, 3.05) is 40.2 Å². The summed E-state index contributed by atoms with van der Waals surface area (Å²) in [7, 11) is 4.78. The number of carbonyl (C=O) groups is 1. The second-order valence-corrected chi connectivity index (χ2v) is 4.72. The van der Waals surface area contributed by atoms with Crippen LogP contribution in [0.5, 0.6) is 5.75 Å². The van der Waals surface area contributed by atoms with E-state index in [4.69, 9.17) is 19.9 Å². The van der Waals surface area contributed by atoms with Crippen molar-refractivity contribution in [3.63, 3.8) is 0 Å². The summed E-state index contributed by atoms with van der Waals surface area (Å²) < 4.78 is 15.7. The molecule has 2 atom stereocenters. The summed E-state index contributed by atoms with van der Waals surface area (Å²) in [6, 6.07) is 5.03. The van der Waals surface area contributed by atoms with Gasteiger partial charge in [-0.25, -0.2) is 0 Å². The van der Waals surface area contributed by atoms with E-state index in [0.29, 0.717) is 30.1 Å². The zero-order valence-corrected chi connectivity index (χ0v) is 12.0. The molecule has 1 amide bonds. The minimum absolute atomic E-state index is 0.0825. The number of rotatable bonds is 4. The van der Waals surface area contributed by atoms with E-state index in [9.17, 15) is 4.79 Å². The molecule has 6 nitrogen and oxygen atoms in total. The monoisotopic (exact) mass is 280 g/mol. The Bertz CT molecular complexity index is 480. The second-order valence-electron chi connectivity index (χ2n) is 4.72. The summed E-state index contributed by atoms with van der Waals surface area (Å²) in [6.45, 7) is 1.03. The molecule has 2 unspecified atom stereocenters. The van der Waals surface area contributed by atoms with E-state index in [1.807, 2.05) is 0 Å². The average Bonchev–Trinajstić information content (AvgIpc) is 2.89. The van der Waals surface area contributed by atoms with Gasteiger partial charge in [-0.15, -0.1) is 0 Å². The van der Waals surface area contributed by atoms with Crippen LogP contribution in [0, 0.1) is 0 Å². The van der Waals surface area contributed by atoms with Gasteiger partial charge in [0.05, 0.1) is 12.8 Å². The maximum Gasteiger partial charge on any atom is 0.254 e. The number of likely N-dealkylation sites (tertiary alicyclic amines) is 1. The maximum absolute atomic E-state index is 12.4. The molecule has 1 aromatic rings. The summed E-state index contributed by atoms with van der Waals surface area (Å²) in [4.78, 5) is 14.2. The Kier molecular flexibility index (Phi) is 4.46. The van der Waals surface area contributed by atoms with Crippen molar-refractivity contribution >= 4 is 11.6 Å². The molecule has 110 valence electrons. The standard InChI is InChI=1S/C14H20N2O4/c1-18-11-5-4-9(6-10(11)15)14(17)16-7-12(19-2)13(8-16)20-3/h4-6,12-13H,7-8,15H2,1-3H3. The van der Waals surface area contributed by atoms with E-state index in [1.54, 1.807) is 44.4 Å². The van der Waals surface area contributed by atoms with E-state index in [2.05, 4.69) is 0 Å². The quantitative estimate of drug-likeness (QED) is 0.824. The lowest BCUT2D eigenvalue weighted by atomic mass is 10.1. The van der Waals surface area contributed by atoms with Gasteiger partial charge in [0.1, 0.15) is 18.0 Å². The molecule has 0 aliphatic carbocycles. The molecule has 0 radical (unpaired) electrons. The van der Waals surface area contributed by atoms with Crippen molar-refractivity contribution < 1.29 is 19.0 Å². The Labute approximate surface area is 118 Å². The first-order chi connectivity index (χ1) is 9.60. The number of anilines is 1. The zero-order chi connectivity index (χ0) is 14.7. The summed E-state index contributed by atoms with van der Waals surface area (Å²) in [6.07, 6.45) is -0.195. The normalized spacial score (nSPS) is 22.1. The first-order valence-corrected chi connectivity index (χ1v) is 6.39. The number of hydrogen-bond donors (Lipinski definition) is 1. The number of nitrogens with two attached hydrogens (primary N) is 1. The molecule has 1 aromatic carbocycles. The van der Waals surface area contributed by atoms with Gasteiger partial charge in [-0.05, 0) is 18.2 Å². The highest BCUT2D eigenvalue weighted by Gasteiger charge is 2.35. The molecule has 6 heteroatoms. The summed E-state index contributed by atoms with van der Waals surface area (Å²) in [5, 5.41) is 0. The third kappa shape index (κ3) is 2.71. The van der Waals surface area contributed by atoms with Crippen LogP contribution in [-0.2, 0) is 9.47 Å². The molecule has 1 heterocycles. The predicted octanol–water partition coefficient (Wildman–Crippen LogP) is 0.763. The van der Waals surface area contributed by atoms with Gasteiger partial charge in [-0.2, -0.15) is 0 Å². The van der Waals surface area contributed by atoms with Crippen molar-refractivity contribution in [3.8, 4) is 5.75 Å². The Morgan fingerprint density at radius 2 is 1.80 bits per heavy atom. The van der Waals surface area contributed by atoms with Gasteiger partial charge in [0.25, 0.3) is 5.91 Å². The molecular formula is C14H20N2O4. The highest BCUT2D eigenvalue weighted by molar-refractivity contribution is 5.95. The third-order valence-electron chi connectivity index (χ3n) is 3.58. The minimum atomic E-state index is -0.0976. The number of methoxy groups -OCH3 is 3. The number of ether oxygens (including phenoxy) is 3. The molecule has 1 aliphatic rings. The highest BCUT2D eigenvalue weighted by atomic mass is 16.5. The van der Waals surface area contributed by atoms with Crippen LogP contribution in [-0.4, -0.2) is 57.4 Å². The number of carbonyl (C=O) groups excluding carboxylic acids is 1. The first kappa shape index (κ1) is 14.6. The average molecular weight is 280 g/mol. The van der Waals surface area contributed by atoms with Crippen LogP contribution >= 0.6 is 0 Å². The summed E-state index contributed by atoms with van der Waals surface area (Å²) in [5.41, 5.74) is 6.82. The van der Waals surface area contributed by atoms with Crippen LogP contribution < -0.4 is 10.5 Å². The zero-order valence-electron chi connectivity index (χ0n) is 12.0. The molecule has 1 aliphatic heterocycles. The number of nitrogens with zero attached hydrogens (tertiary/aromatic N) is 1. The van der Waals surface area contributed by atoms with Gasteiger partial charge in [-0.3, -0.25) is 4.79 Å². The Morgan fingerprint density at radius 3 is 2.25 bits per heavy atom. The van der Waals surface area contributed by atoms with Crippen molar-refractivity contribution in [1.82, 2.24) is 4.90 Å². The van der Waals surface area contributed by atoms with Crippen LogP contribution in [0.15, 0.2) is 18.2 Å². The fourth-order valence-electron chi connectivity index (χ4n) is 2.41. The van der Waals surface area contributed by atoms with Crippen LogP contribution in [0.3, 0.4) is 0 Å². The SMILES string of the molecule is COc1ccc(C(=O)N2CC(OC)C(OC)C2)cc1N. The lowest BCUT2D eigenvalue weighted by molar-refractivity contribution is -0.00461. The van der Waals surface area contributed by atoms with Crippen LogP contribution in [0.4, 0.5) is 5.69 Å². The van der Waals surface area contributed by atoms with Crippen molar-refractivity contribution in [3.05, 3.63) is 23.8 Å². The molecule has 2 rings (SSSR count). The maximum atomic E-state index is 12.4. The molecule has 20 heavy (non-hydrogen) atoms. The topological polar surface area (TPSA) is 74.0 Å². The van der Waals surface area contributed by atoms with Crippen molar-refractivity contribution in [1.29, 1.82) is 0 Å². The second kappa shape index (κ2) is 6.11. The first-order valence-electron chi connectivity index (χ1n) is 6.39. The van der Waals surface area contributed by atoms with Gasteiger partial charge in [0, 0.05) is 32.9 Å². The van der Waals surface area contributed by atoms with Crippen LogP contribution in [0.2, 0.25) is 0 Å². The molecule has 0 saturated carbocycles. The van der Waals surface area contributed by atoms with Crippen molar-refractivity contribution in [2.24, 2.45) is 0 Å². The van der Waals surface area contributed by atoms with Gasteiger partial charge in [-0.1, -0.05) is 0 Å². The van der Waals surface area contributed by atoms with Gasteiger partial charge < -0.3 is 24.8 Å². The number of nitrogen functional groups attached to an aromatic ring is 1. The van der Waals surface area contributed by atoms with E-state index in [0.717, 1.165) is 0 Å². The molecule has 1 saturated heterocycles.